The van der Waals surface area contributed by atoms with Crippen LogP contribution in [-0.4, -0.2) is 12.1 Å². The van der Waals surface area contributed by atoms with Crippen molar-refractivity contribution in [3.05, 3.63) is 57.7 Å². The molecule has 1 aliphatic carbocycles. The van der Waals surface area contributed by atoms with E-state index in [1.165, 1.54) is 19.1 Å². The van der Waals surface area contributed by atoms with Crippen molar-refractivity contribution >= 4 is 16.9 Å². The normalized spacial score (nSPS) is 16.5. The molecule has 1 aliphatic rings. The molecule has 136 valence electrons. The summed E-state index contributed by atoms with van der Waals surface area (Å²) in [7, 11) is 0. The molecule has 0 amide bonds. The van der Waals surface area contributed by atoms with E-state index >= 15 is 0 Å². The number of ether oxygens (including phenoxy) is 2. The minimum absolute atomic E-state index is 0.0630. The molecule has 0 bridgehead atoms. The third-order valence-corrected chi connectivity index (χ3v) is 4.06. The molecular weight excluding hydrogens is 339 g/mol. The fourth-order valence-corrected chi connectivity index (χ4v) is 2.77. The van der Waals surface area contributed by atoms with E-state index in [2.05, 4.69) is 0 Å². The van der Waals surface area contributed by atoms with Gasteiger partial charge in [0.25, 0.3) is 0 Å². The lowest BCUT2D eigenvalue weighted by molar-refractivity contribution is -0.131. The van der Waals surface area contributed by atoms with Crippen LogP contribution in [0.5, 0.6) is 11.5 Å². The van der Waals surface area contributed by atoms with Crippen molar-refractivity contribution in [1.29, 1.82) is 0 Å². The summed E-state index contributed by atoms with van der Waals surface area (Å²) in [6.45, 7) is 4.82. The monoisotopic (exact) mass is 358 g/mol. The van der Waals surface area contributed by atoms with E-state index in [1.54, 1.807) is 25.1 Å². The summed E-state index contributed by atoms with van der Waals surface area (Å²) in [6, 6.07) is 3.19. The minimum Gasteiger partial charge on any atom is -0.457 e. The zero-order valence-electron chi connectivity index (χ0n) is 14.8. The van der Waals surface area contributed by atoms with Gasteiger partial charge in [0.1, 0.15) is 29.0 Å². The first-order valence-electron chi connectivity index (χ1n) is 8.38. The Bertz CT molecular complexity index is 984. The standard InChI is InChI=1S/C20H19FO5/c1-4-13-9-16-18(10-17(13)25-12(3)22)24-11(2)20(19(16)23)26-15-7-5-14(21)6-8-15/h5,7-10,14H,4,6H2,1-3H3. The highest BCUT2D eigenvalue weighted by molar-refractivity contribution is 5.82. The van der Waals surface area contributed by atoms with Crippen molar-refractivity contribution in [2.45, 2.75) is 39.8 Å². The quantitative estimate of drug-likeness (QED) is 0.607. The van der Waals surface area contributed by atoms with Crippen LogP contribution in [0.15, 0.2) is 45.3 Å². The van der Waals surface area contributed by atoms with E-state index in [0.717, 1.165) is 0 Å². The van der Waals surface area contributed by atoms with Gasteiger partial charge in [-0.25, -0.2) is 4.39 Å². The maximum absolute atomic E-state index is 13.2. The number of alkyl halides is 1. The lowest BCUT2D eigenvalue weighted by Gasteiger charge is -2.14. The number of aryl methyl sites for hydroxylation is 2. The molecule has 0 N–H and O–H groups in total. The van der Waals surface area contributed by atoms with Crippen LogP contribution in [0.1, 0.15) is 31.6 Å². The number of carbonyl (C=O) groups excluding carboxylic acids is 1. The molecule has 3 rings (SSSR count). The summed E-state index contributed by atoms with van der Waals surface area (Å²) in [5.41, 5.74) is 0.696. The van der Waals surface area contributed by atoms with E-state index < -0.39 is 12.1 Å². The molecule has 1 unspecified atom stereocenters. The first-order chi connectivity index (χ1) is 12.4. The fourth-order valence-electron chi connectivity index (χ4n) is 2.77. The van der Waals surface area contributed by atoms with Crippen LogP contribution < -0.4 is 14.9 Å². The summed E-state index contributed by atoms with van der Waals surface area (Å²) >= 11 is 0. The zero-order chi connectivity index (χ0) is 18.8. The summed E-state index contributed by atoms with van der Waals surface area (Å²) in [5, 5.41) is 0.335. The molecule has 1 aromatic carbocycles. The minimum atomic E-state index is -1.04. The summed E-state index contributed by atoms with van der Waals surface area (Å²) in [5.74, 6) is 0.682. The summed E-state index contributed by atoms with van der Waals surface area (Å²) < 4.78 is 29.7. The highest BCUT2D eigenvalue weighted by Gasteiger charge is 2.18. The molecule has 0 aliphatic heterocycles. The van der Waals surface area contributed by atoms with E-state index in [0.29, 0.717) is 34.5 Å². The Morgan fingerprint density at radius 1 is 1.38 bits per heavy atom. The number of carbonyl (C=O) groups is 1. The second-order valence-corrected chi connectivity index (χ2v) is 6.04. The van der Waals surface area contributed by atoms with E-state index in [4.69, 9.17) is 13.9 Å². The van der Waals surface area contributed by atoms with Crippen LogP contribution in [0, 0.1) is 6.92 Å². The van der Waals surface area contributed by atoms with Crippen LogP contribution in [0.2, 0.25) is 0 Å². The Morgan fingerprint density at radius 3 is 2.77 bits per heavy atom. The van der Waals surface area contributed by atoms with Crippen molar-refractivity contribution < 1.29 is 23.1 Å². The second-order valence-electron chi connectivity index (χ2n) is 6.04. The van der Waals surface area contributed by atoms with E-state index in [9.17, 15) is 14.0 Å². The van der Waals surface area contributed by atoms with Crippen LogP contribution >= 0.6 is 0 Å². The Kier molecular flexibility index (Phi) is 4.93. The smallest absolute Gasteiger partial charge is 0.308 e. The lowest BCUT2D eigenvalue weighted by Crippen LogP contribution is -2.12. The van der Waals surface area contributed by atoms with Crippen molar-refractivity contribution in [2.24, 2.45) is 0 Å². The van der Waals surface area contributed by atoms with Crippen LogP contribution in [-0.2, 0) is 11.2 Å². The van der Waals surface area contributed by atoms with Gasteiger partial charge in [-0.05, 0) is 43.2 Å². The zero-order valence-corrected chi connectivity index (χ0v) is 14.8. The summed E-state index contributed by atoms with van der Waals surface area (Å²) in [4.78, 5) is 24.1. The van der Waals surface area contributed by atoms with Gasteiger partial charge in [0.15, 0.2) is 0 Å². The molecule has 6 heteroatoms. The molecule has 1 aromatic heterocycles. The highest BCUT2D eigenvalue weighted by Crippen LogP contribution is 2.29. The molecule has 1 heterocycles. The van der Waals surface area contributed by atoms with Crippen LogP contribution in [0.25, 0.3) is 11.0 Å². The molecule has 0 saturated heterocycles. The second kappa shape index (κ2) is 7.15. The molecule has 2 aromatic rings. The first-order valence-corrected chi connectivity index (χ1v) is 8.38. The number of hydrogen-bond donors (Lipinski definition) is 0. The predicted molar refractivity (Wildman–Crippen MR) is 95.3 cm³/mol. The van der Waals surface area contributed by atoms with Crippen molar-refractivity contribution in [1.82, 2.24) is 0 Å². The first kappa shape index (κ1) is 17.9. The number of hydrogen-bond acceptors (Lipinski definition) is 5. The van der Waals surface area contributed by atoms with Crippen molar-refractivity contribution in [2.75, 3.05) is 0 Å². The van der Waals surface area contributed by atoms with Gasteiger partial charge >= 0.3 is 5.97 Å². The van der Waals surface area contributed by atoms with Gasteiger partial charge in [-0.2, -0.15) is 0 Å². The average Bonchev–Trinajstić information content (AvgIpc) is 2.59. The van der Waals surface area contributed by atoms with E-state index in [1.807, 2.05) is 6.92 Å². The number of benzene rings is 1. The Balaban J connectivity index is 2.08. The maximum atomic E-state index is 13.2. The van der Waals surface area contributed by atoms with Gasteiger partial charge < -0.3 is 13.9 Å². The molecular formula is C20H19FO5. The molecule has 0 spiro atoms. The lowest BCUT2D eigenvalue weighted by atomic mass is 10.1. The molecule has 0 radical (unpaired) electrons. The van der Waals surface area contributed by atoms with Crippen LogP contribution in [0.4, 0.5) is 4.39 Å². The number of halogens is 1. The fraction of sp³-hybridized carbons (Fsp3) is 0.300. The van der Waals surface area contributed by atoms with Crippen molar-refractivity contribution in [3.8, 4) is 11.5 Å². The maximum Gasteiger partial charge on any atom is 0.308 e. The van der Waals surface area contributed by atoms with Gasteiger partial charge in [-0.1, -0.05) is 6.92 Å². The Labute approximate surface area is 149 Å². The van der Waals surface area contributed by atoms with Gasteiger partial charge in [-0.3, -0.25) is 9.59 Å². The predicted octanol–water partition coefficient (Wildman–Crippen LogP) is 4.15. The molecule has 5 nitrogen and oxygen atoms in total. The molecule has 26 heavy (non-hydrogen) atoms. The SMILES string of the molecule is CCc1cc2c(=O)c(OC3=CCC(F)C=C3)c(C)oc2cc1OC(C)=O. The van der Waals surface area contributed by atoms with Gasteiger partial charge in [0.05, 0.1) is 5.39 Å². The molecule has 1 atom stereocenters. The number of esters is 1. The molecule has 0 saturated carbocycles. The average molecular weight is 358 g/mol. The number of allylic oxidation sites excluding steroid dienone is 3. The van der Waals surface area contributed by atoms with Gasteiger partial charge in [0.2, 0.25) is 11.2 Å². The van der Waals surface area contributed by atoms with E-state index in [-0.39, 0.29) is 23.4 Å². The summed E-state index contributed by atoms with van der Waals surface area (Å²) in [6.07, 6.45) is 4.22. The Morgan fingerprint density at radius 2 is 2.15 bits per heavy atom. The topological polar surface area (TPSA) is 65.7 Å². The Hall–Kier alpha value is -2.89. The largest absolute Gasteiger partial charge is 0.457 e. The third-order valence-electron chi connectivity index (χ3n) is 4.06. The highest BCUT2D eigenvalue weighted by atomic mass is 19.1. The van der Waals surface area contributed by atoms with Gasteiger partial charge in [0, 0.05) is 19.4 Å². The van der Waals surface area contributed by atoms with Crippen LogP contribution in [0.3, 0.4) is 0 Å². The number of fused-ring (bicyclic) bond motifs is 1. The van der Waals surface area contributed by atoms with Crippen molar-refractivity contribution in [3.63, 3.8) is 0 Å². The molecule has 0 fully saturated rings. The third kappa shape index (κ3) is 3.54. The number of rotatable bonds is 4. The van der Waals surface area contributed by atoms with Gasteiger partial charge in [-0.15, -0.1) is 0 Å².